The summed E-state index contributed by atoms with van der Waals surface area (Å²) in [5.74, 6) is -3.72. The highest BCUT2D eigenvalue weighted by molar-refractivity contribution is 7.87. The van der Waals surface area contributed by atoms with Crippen LogP contribution in [0, 0.1) is 31.4 Å². The second kappa shape index (κ2) is 13.0. The van der Waals surface area contributed by atoms with Crippen LogP contribution in [-0.2, 0) is 40.6 Å². The first kappa shape index (κ1) is 32.3. The Labute approximate surface area is 247 Å². The van der Waals surface area contributed by atoms with Crippen molar-refractivity contribution in [2.45, 2.75) is 48.4 Å². The van der Waals surface area contributed by atoms with Crippen LogP contribution < -0.4 is 0 Å². The quantitative estimate of drug-likeness (QED) is 0.146. The molecule has 0 aliphatic heterocycles. The number of hydrogen-bond acceptors (Lipinski definition) is 10. The van der Waals surface area contributed by atoms with Gasteiger partial charge in [-0.05, 0) is 50.6 Å². The van der Waals surface area contributed by atoms with Crippen molar-refractivity contribution in [3.8, 4) is 0 Å². The normalized spacial score (nSPS) is 15.1. The molecule has 230 valence electrons. The summed E-state index contributed by atoms with van der Waals surface area (Å²) in [7, 11) is -9.05. The molecule has 0 aliphatic rings. The van der Waals surface area contributed by atoms with Gasteiger partial charge in [0.15, 0.2) is 12.1 Å². The van der Waals surface area contributed by atoms with Crippen LogP contribution in [0.2, 0.25) is 0 Å². The van der Waals surface area contributed by atoms with Crippen molar-refractivity contribution in [1.82, 2.24) is 15.2 Å². The maximum absolute atomic E-state index is 15.0. The van der Waals surface area contributed by atoms with E-state index in [1.54, 1.807) is 13.8 Å². The van der Waals surface area contributed by atoms with Crippen LogP contribution >= 0.6 is 0 Å². The Morgan fingerprint density at radius 2 is 1.49 bits per heavy atom. The molecule has 4 rings (SSSR count). The van der Waals surface area contributed by atoms with Crippen molar-refractivity contribution in [2.24, 2.45) is 5.92 Å². The Hall–Kier alpha value is -3.60. The topological polar surface area (TPSA) is 169 Å². The molecule has 0 bridgehead atoms. The lowest BCUT2D eigenvalue weighted by atomic mass is 9.81. The fourth-order valence-corrected chi connectivity index (χ4v) is 6.28. The second-order valence-electron chi connectivity index (χ2n) is 10.0. The summed E-state index contributed by atoms with van der Waals surface area (Å²) in [6.07, 6.45) is -2.34. The number of halogens is 2. The fraction of sp³-hybridized carbons (Fsp3) is 0.286. The van der Waals surface area contributed by atoms with Gasteiger partial charge in [-0.15, -0.1) is 0 Å². The average Bonchev–Trinajstić information content (AvgIpc) is 3.44. The van der Waals surface area contributed by atoms with Gasteiger partial charge in [-0.25, -0.2) is 17.9 Å². The molecule has 0 saturated carbocycles. The first-order chi connectivity index (χ1) is 20.2. The van der Waals surface area contributed by atoms with E-state index < -0.39 is 74.7 Å². The minimum Gasteiger partial charge on any atom is -0.385 e. The summed E-state index contributed by atoms with van der Waals surface area (Å²) in [4.78, 5) is 3.40. The molecule has 2 unspecified atom stereocenters. The predicted octanol–water partition coefficient (Wildman–Crippen LogP) is 3.27. The first-order valence-corrected chi connectivity index (χ1v) is 15.7. The molecule has 3 aromatic carbocycles. The van der Waals surface area contributed by atoms with Crippen LogP contribution in [0.15, 0.2) is 82.8 Å². The number of aryl methyl sites for hydroxylation is 2. The first-order valence-electron chi connectivity index (χ1n) is 12.9. The second-order valence-corrected chi connectivity index (χ2v) is 13.2. The lowest BCUT2D eigenvalue weighted by molar-refractivity contribution is -0.102. The minimum absolute atomic E-state index is 0.0131. The maximum atomic E-state index is 15.0. The number of aliphatic hydroxyl groups excluding tert-OH is 1. The maximum Gasteiger partial charge on any atom is 0.299 e. The van der Waals surface area contributed by atoms with Crippen LogP contribution in [0.5, 0.6) is 0 Å². The number of rotatable bonds is 13. The van der Waals surface area contributed by atoms with Crippen LogP contribution in [0.1, 0.15) is 28.9 Å². The van der Waals surface area contributed by atoms with Crippen molar-refractivity contribution < 1.29 is 44.2 Å². The van der Waals surface area contributed by atoms with Gasteiger partial charge >= 0.3 is 0 Å². The molecule has 43 heavy (non-hydrogen) atoms. The summed E-state index contributed by atoms with van der Waals surface area (Å²) in [6.45, 7) is 2.58. The summed E-state index contributed by atoms with van der Waals surface area (Å²) in [5, 5.41) is 29.1. The van der Waals surface area contributed by atoms with Crippen LogP contribution in [0.4, 0.5) is 8.78 Å². The summed E-state index contributed by atoms with van der Waals surface area (Å²) in [5.41, 5.74) is -1.25. The van der Waals surface area contributed by atoms with E-state index in [4.69, 9.17) is 8.37 Å². The number of aromatic amines is 1. The van der Waals surface area contributed by atoms with Crippen LogP contribution in [-0.4, -0.2) is 55.1 Å². The lowest BCUT2D eigenvalue weighted by Crippen LogP contribution is -2.40. The molecule has 4 aromatic rings. The fourth-order valence-electron chi connectivity index (χ4n) is 4.32. The Kier molecular flexibility index (Phi) is 9.73. The van der Waals surface area contributed by atoms with E-state index in [-0.39, 0.29) is 15.6 Å². The molecule has 0 saturated heterocycles. The van der Waals surface area contributed by atoms with Gasteiger partial charge in [-0.3, -0.25) is 9.28 Å². The van der Waals surface area contributed by atoms with Crippen molar-refractivity contribution >= 4 is 20.2 Å². The number of benzene rings is 3. The van der Waals surface area contributed by atoms with Crippen LogP contribution in [0.25, 0.3) is 0 Å². The molecule has 11 nitrogen and oxygen atoms in total. The Bertz CT molecular complexity index is 1750. The molecule has 0 spiro atoms. The molecular weight excluding hydrogens is 608 g/mol. The third-order valence-corrected chi connectivity index (χ3v) is 9.23. The molecule has 0 fully saturated rings. The average molecular weight is 638 g/mol. The minimum atomic E-state index is -4.61. The van der Waals surface area contributed by atoms with Gasteiger partial charge in [-0.1, -0.05) is 41.5 Å². The molecule has 3 N–H and O–H groups in total. The Balaban J connectivity index is 1.71. The van der Waals surface area contributed by atoms with Crippen LogP contribution in [0.3, 0.4) is 0 Å². The number of nitrogens with one attached hydrogen (secondary N) is 1. The number of aromatic nitrogens is 3. The lowest BCUT2D eigenvalue weighted by Gasteiger charge is -2.33. The predicted molar refractivity (Wildman–Crippen MR) is 148 cm³/mol. The third-order valence-electron chi connectivity index (χ3n) is 6.63. The number of nitrogens with zero attached hydrogens (tertiary/aromatic N) is 2. The highest BCUT2D eigenvalue weighted by Gasteiger charge is 2.41. The van der Waals surface area contributed by atoms with Gasteiger partial charge in [0.25, 0.3) is 20.2 Å². The molecule has 1 heterocycles. The highest BCUT2D eigenvalue weighted by atomic mass is 32.2. The highest BCUT2D eigenvalue weighted by Crippen LogP contribution is 2.36. The van der Waals surface area contributed by atoms with E-state index in [0.29, 0.717) is 6.07 Å². The van der Waals surface area contributed by atoms with E-state index in [9.17, 15) is 31.4 Å². The molecule has 0 amide bonds. The largest absolute Gasteiger partial charge is 0.385 e. The van der Waals surface area contributed by atoms with Gasteiger partial charge in [0.1, 0.15) is 23.6 Å². The SMILES string of the molecule is Cc1ccc(S(=O)(=O)OCC(CC(O)(Cc2nc[nH]n2)c2ccc(F)cc2F)[C@@H](O)OS(=O)(=O)c2ccc(C)cc2)cc1. The summed E-state index contributed by atoms with van der Waals surface area (Å²) >= 11 is 0. The Morgan fingerprint density at radius 1 is 0.907 bits per heavy atom. The van der Waals surface area contributed by atoms with Gasteiger partial charge in [0.2, 0.25) is 0 Å². The number of aliphatic hydroxyl groups is 2. The van der Waals surface area contributed by atoms with Crippen molar-refractivity contribution in [2.75, 3.05) is 6.61 Å². The summed E-state index contributed by atoms with van der Waals surface area (Å²) in [6, 6.07) is 13.5. The van der Waals surface area contributed by atoms with Gasteiger partial charge < -0.3 is 10.2 Å². The zero-order valence-electron chi connectivity index (χ0n) is 23.0. The van der Waals surface area contributed by atoms with E-state index in [1.165, 1.54) is 54.9 Å². The molecule has 1 aromatic heterocycles. The number of H-pyrrole nitrogens is 1. The van der Waals surface area contributed by atoms with E-state index in [2.05, 4.69) is 15.2 Å². The van der Waals surface area contributed by atoms with Crippen molar-refractivity contribution in [3.63, 3.8) is 0 Å². The standard InChI is InChI=1S/C28H29F2N3O8S2/c1-18-3-8-22(9-4-18)42(36,37)40-16-20(27(34)41-43(38,39)23-10-5-19(2)6-11-23)14-28(35,15-26-31-17-32-33-26)24-12-7-21(29)13-25(24)30/h3-13,17,20,27,34-35H,14-16H2,1-2H3,(H,31,32,33)/t20?,27-,28?/m0/s1. The molecular formula is C28H29F2N3O8S2. The smallest absolute Gasteiger partial charge is 0.299 e. The molecule has 15 heteroatoms. The number of hydrogen-bond donors (Lipinski definition) is 3. The third kappa shape index (κ3) is 8.07. The monoisotopic (exact) mass is 637 g/mol. The van der Waals surface area contributed by atoms with Gasteiger partial charge in [0, 0.05) is 24.0 Å². The Morgan fingerprint density at radius 3 is 2.02 bits per heavy atom. The molecule has 0 radical (unpaired) electrons. The van der Waals surface area contributed by atoms with Crippen molar-refractivity contribution in [3.05, 3.63) is 107 Å². The zero-order valence-corrected chi connectivity index (χ0v) is 24.6. The van der Waals surface area contributed by atoms with Crippen molar-refractivity contribution in [1.29, 1.82) is 0 Å². The van der Waals surface area contributed by atoms with E-state index in [1.807, 2.05) is 0 Å². The summed E-state index contributed by atoms with van der Waals surface area (Å²) < 4.78 is 90.8. The van der Waals surface area contributed by atoms with E-state index in [0.717, 1.165) is 23.3 Å². The molecule has 3 atom stereocenters. The molecule has 0 aliphatic carbocycles. The van der Waals surface area contributed by atoms with E-state index >= 15 is 4.39 Å². The zero-order chi connectivity index (χ0) is 31.4. The van der Waals surface area contributed by atoms with Gasteiger partial charge in [0.05, 0.1) is 16.4 Å². The van der Waals surface area contributed by atoms with Gasteiger partial charge in [-0.2, -0.15) is 21.9 Å².